The van der Waals surface area contributed by atoms with Crippen LogP contribution in [-0.4, -0.2) is 23.8 Å². The van der Waals surface area contributed by atoms with Gasteiger partial charge in [0, 0.05) is 32.5 Å². The molecule has 0 saturated heterocycles. The molecule has 0 atom stereocenters. The van der Waals surface area contributed by atoms with Crippen LogP contribution in [-0.2, 0) is 17.8 Å². The number of hydrogen-bond donors (Lipinski definition) is 0. The Morgan fingerprint density at radius 3 is 2.56 bits per heavy atom. The second-order valence-corrected chi connectivity index (χ2v) is 5.74. The highest BCUT2D eigenvalue weighted by molar-refractivity contribution is 5.79. The summed E-state index contributed by atoms with van der Waals surface area (Å²) in [6.45, 7) is 3.46. The maximum absolute atomic E-state index is 11.3. The maximum atomic E-state index is 11.3. The van der Waals surface area contributed by atoms with Gasteiger partial charge in [0.2, 0.25) is 0 Å². The van der Waals surface area contributed by atoms with Gasteiger partial charge in [-0.1, -0.05) is 24.3 Å². The Labute approximate surface area is 109 Å². The van der Waals surface area contributed by atoms with Gasteiger partial charge in [0.25, 0.3) is 0 Å². The Hall–Kier alpha value is -1.15. The fourth-order valence-corrected chi connectivity index (χ4v) is 3.26. The summed E-state index contributed by atoms with van der Waals surface area (Å²) in [5.74, 6) is 1.21. The molecule has 2 aliphatic rings. The molecule has 1 aromatic rings. The molecule has 0 amide bonds. The van der Waals surface area contributed by atoms with Gasteiger partial charge in [-0.3, -0.25) is 9.69 Å². The summed E-state index contributed by atoms with van der Waals surface area (Å²) in [6, 6.07) is 8.79. The van der Waals surface area contributed by atoms with E-state index in [1.165, 1.54) is 30.6 Å². The zero-order valence-corrected chi connectivity index (χ0v) is 10.9. The molecule has 1 saturated carbocycles. The summed E-state index contributed by atoms with van der Waals surface area (Å²) in [5, 5.41) is 0. The zero-order valence-electron chi connectivity index (χ0n) is 10.9. The lowest BCUT2D eigenvalue weighted by Crippen LogP contribution is -2.35. The summed E-state index contributed by atoms with van der Waals surface area (Å²) in [7, 11) is 0. The SMILES string of the molecule is O=C1CCC(CN2CCc3ccccc3C2)CC1. The number of benzene rings is 1. The molecule has 2 heteroatoms. The quantitative estimate of drug-likeness (QED) is 0.796. The van der Waals surface area contributed by atoms with Gasteiger partial charge in [0.05, 0.1) is 0 Å². The van der Waals surface area contributed by atoms with Crippen molar-refractivity contribution in [3.63, 3.8) is 0 Å². The second kappa shape index (κ2) is 5.23. The lowest BCUT2D eigenvalue weighted by Gasteiger charge is -2.33. The van der Waals surface area contributed by atoms with Crippen LogP contribution in [0.4, 0.5) is 0 Å². The first-order chi connectivity index (χ1) is 8.81. The van der Waals surface area contributed by atoms with Crippen LogP contribution in [0.5, 0.6) is 0 Å². The molecule has 0 spiro atoms. The highest BCUT2D eigenvalue weighted by atomic mass is 16.1. The van der Waals surface area contributed by atoms with Crippen molar-refractivity contribution in [2.75, 3.05) is 13.1 Å². The first-order valence-corrected chi connectivity index (χ1v) is 7.12. The van der Waals surface area contributed by atoms with E-state index in [1.54, 1.807) is 0 Å². The summed E-state index contributed by atoms with van der Waals surface area (Å²) in [6.07, 6.45) is 5.03. The highest BCUT2D eigenvalue weighted by Gasteiger charge is 2.23. The van der Waals surface area contributed by atoms with Crippen molar-refractivity contribution in [3.05, 3.63) is 35.4 Å². The van der Waals surface area contributed by atoms with Crippen molar-refractivity contribution in [2.45, 2.75) is 38.6 Å². The Kier molecular flexibility index (Phi) is 3.46. The van der Waals surface area contributed by atoms with Gasteiger partial charge in [-0.2, -0.15) is 0 Å². The van der Waals surface area contributed by atoms with Crippen molar-refractivity contribution < 1.29 is 4.79 Å². The molecular weight excluding hydrogens is 222 g/mol. The number of nitrogens with zero attached hydrogens (tertiary/aromatic N) is 1. The topological polar surface area (TPSA) is 20.3 Å². The number of Topliss-reactive ketones (excluding diaryl/α,β-unsaturated/α-hetero) is 1. The molecule has 3 rings (SSSR count). The van der Waals surface area contributed by atoms with Crippen molar-refractivity contribution in [2.24, 2.45) is 5.92 Å². The number of rotatable bonds is 2. The Morgan fingerprint density at radius 2 is 1.78 bits per heavy atom. The minimum absolute atomic E-state index is 0.468. The second-order valence-electron chi connectivity index (χ2n) is 5.74. The van der Waals surface area contributed by atoms with Gasteiger partial charge in [-0.05, 0) is 36.3 Å². The molecule has 96 valence electrons. The van der Waals surface area contributed by atoms with E-state index in [4.69, 9.17) is 0 Å². The third kappa shape index (κ3) is 2.64. The van der Waals surface area contributed by atoms with Crippen molar-refractivity contribution in [1.29, 1.82) is 0 Å². The number of hydrogen-bond acceptors (Lipinski definition) is 2. The predicted octanol–water partition coefficient (Wildman–Crippen LogP) is 2.80. The molecule has 2 nitrogen and oxygen atoms in total. The van der Waals surface area contributed by atoms with Gasteiger partial charge in [-0.25, -0.2) is 0 Å². The summed E-state index contributed by atoms with van der Waals surface area (Å²) < 4.78 is 0. The highest BCUT2D eigenvalue weighted by Crippen LogP contribution is 2.25. The third-order valence-electron chi connectivity index (χ3n) is 4.39. The van der Waals surface area contributed by atoms with Gasteiger partial charge >= 0.3 is 0 Å². The average Bonchev–Trinajstić information content (AvgIpc) is 2.41. The molecule has 1 aliphatic carbocycles. The van der Waals surface area contributed by atoms with E-state index in [2.05, 4.69) is 29.2 Å². The summed E-state index contributed by atoms with van der Waals surface area (Å²) >= 11 is 0. The Morgan fingerprint density at radius 1 is 1.06 bits per heavy atom. The fraction of sp³-hybridized carbons (Fsp3) is 0.562. The van der Waals surface area contributed by atoms with E-state index in [9.17, 15) is 4.79 Å². The molecule has 0 bridgehead atoms. The van der Waals surface area contributed by atoms with E-state index in [0.717, 1.165) is 38.1 Å². The fourth-order valence-electron chi connectivity index (χ4n) is 3.26. The maximum Gasteiger partial charge on any atom is 0.132 e. The third-order valence-corrected chi connectivity index (χ3v) is 4.39. The molecule has 1 aromatic carbocycles. The van der Waals surface area contributed by atoms with Crippen LogP contribution in [0, 0.1) is 5.92 Å². The standard InChI is InChI=1S/C16H21NO/c18-16-7-5-13(6-8-16)11-17-10-9-14-3-1-2-4-15(14)12-17/h1-4,13H,5-12H2. The lowest BCUT2D eigenvalue weighted by molar-refractivity contribution is -0.121. The minimum Gasteiger partial charge on any atom is -0.300 e. The van der Waals surface area contributed by atoms with E-state index >= 15 is 0 Å². The molecule has 0 unspecified atom stereocenters. The molecule has 0 aromatic heterocycles. The molecule has 0 radical (unpaired) electrons. The lowest BCUT2D eigenvalue weighted by atomic mass is 9.87. The van der Waals surface area contributed by atoms with Crippen LogP contribution in [0.2, 0.25) is 0 Å². The predicted molar refractivity (Wildman–Crippen MR) is 72.4 cm³/mol. The number of carbonyl (C=O) groups is 1. The monoisotopic (exact) mass is 243 g/mol. The Balaban J connectivity index is 1.58. The van der Waals surface area contributed by atoms with Crippen LogP contribution >= 0.6 is 0 Å². The number of fused-ring (bicyclic) bond motifs is 1. The first-order valence-electron chi connectivity index (χ1n) is 7.12. The molecule has 1 fully saturated rings. The minimum atomic E-state index is 0.468. The van der Waals surface area contributed by atoms with Gasteiger partial charge in [0.15, 0.2) is 0 Å². The van der Waals surface area contributed by atoms with Crippen LogP contribution < -0.4 is 0 Å². The molecular formula is C16H21NO. The van der Waals surface area contributed by atoms with Gasteiger partial charge in [-0.15, -0.1) is 0 Å². The smallest absolute Gasteiger partial charge is 0.132 e. The van der Waals surface area contributed by atoms with Crippen molar-refractivity contribution in [3.8, 4) is 0 Å². The zero-order chi connectivity index (χ0) is 12.4. The van der Waals surface area contributed by atoms with Crippen molar-refractivity contribution >= 4 is 5.78 Å². The molecule has 18 heavy (non-hydrogen) atoms. The number of ketones is 1. The van der Waals surface area contributed by atoms with Crippen LogP contribution in [0.25, 0.3) is 0 Å². The normalized spacial score (nSPS) is 21.9. The van der Waals surface area contributed by atoms with Gasteiger partial charge in [0.1, 0.15) is 5.78 Å². The van der Waals surface area contributed by atoms with Gasteiger partial charge < -0.3 is 0 Å². The van der Waals surface area contributed by atoms with Crippen LogP contribution in [0.1, 0.15) is 36.8 Å². The van der Waals surface area contributed by atoms with E-state index in [1.807, 2.05) is 0 Å². The van der Waals surface area contributed by atoms with Crippen molar-refractivity contribution in [1.82, 2.24) is 4.90 Å². The molecule has 0 N–H and O–H groups in total. The largest absolute Gasteiger partial charge is 0.300 e. The first kappa shape index (κ1) is 11.9. The summed E-state index contributed by atoms with van der Waals surface area (Å²) in [4.78, 5) is 13.8. The Bertz CT molecular complexity index is 430. The van der Waals surface area contributed by atoms with Crippen LogP contribution in [0.15, 0.2) is 24.3 Å². The molecule has 1 heterocycles. The molecule has 1 aliphatic heterocycles. The van der Waals surface area contributed by atoms with E-state index in [0.29, 0.717) is 5.78 Å². The number of carbonyl (C=O) groups excluding carboxylic acids is 1. The van der Waals surface area contributed by atoms with E-state index < -0.39 is 0 Å². The van der Waals surface area contributed by atoms with Crippen LogP contribution in [0.3, 0.4) is 0 Å². The summed E-state index contributed by atoms with van der Waals surface area (Å²) in [5.41, 5.74) is 3.02. The van der Waals surface area contributed by atoms with E-state index in [-0.39, 0.29) is 0 Å². The average molecular weight is 243 g/mol.